The van der Waals surface area contributed by atoms with Crippen molar-refractivity contribution in [2.24, 2.45) is 11.3 Å². The molecule has 1 unspecified atom stereocenters. The minimum Gasteiger partial charge on any atom is -0.492 e. The van der Waals surface area contributed by atoms with Gasteiger partial charge in [-0.3, -0.25) is 0 Å². The Bertz CT molecular complexity index is 1730. The molecule has 0 heterocycles. The van der Waals surface area contributed by atoms with Crippen molar-refractivity contribution in [2.45, 2.75) is 78.6 Å². The van der Waals surface area contributed by atoms with Gasteiger partial charge in [-0.15, -0.1) is 0 Å². The predicted molar refractivity (Wildman–Crippen MR) is 205 cm³/mol. The van der Waals surface area contributed by atoms with Gasteiger partial charge < -0.3 is 33.2 Å². The van der Waals surface area contributed by atoms with Crippen LogP contribution in [-0.4, -0.2) is 83.1 Å². The third-order valence-corrected chi connectivity index (χ3v) is 9.37. The minimum atomic E-state index is -1.65. The molecule has 0 saturated heterocycles. The molecule has 0 saturated carbocycles. The first-order chi connectivity index (χ1) is 26.7. The van der Waals surface area contributed by atoms with Crippen molar-refractivity contribution in [1.82, 2.24) is 0 Å². The van der Waals surface area contributed by atoms with Crippen LogP contribution in [0.5, 0.6) is 5.75 Å². The number of carbonyl (C=O) groups excluding carboxylic acids is 6. The van der Waals surface area contributed by atoms with Crippen molar-refractivity contribution < 1.29 is 61.9 Å². The van der Waals surface area contributed by atoms with E-state index in [1.54, 1.807) is 13.0 Å². The molecular weight excluding hydrogens is 724 g/mol. The molecular formula is C43H54O13. The molecule has 0 N–H and O–H groups in total. The van der Waals surface area contributed by atoms with E-state index in [1.807, 2.05) is 12.1 Å². The lowest BCUT2D eigenvalue weighted by molar-refractivity contribution is -0.177. The van der Waals surface area contributed by atoms with Crippen LogP contribution in [0.15, 0.2) is 60.7 Å². The maximum Gasteiger partial charge on any atom is 0.417 e. The van der Waals surface area contributed by atoms with Crippen molar-refractivity contribution >= 4 is 35.8 Å². The van der Waals surface area contributed by atoms with Crippen LogP contribution in [0.25, 0.3) is 11.1 Å². The van der Waals surface area contributed by atoms with Crippen LogP contribution in [0.3, 0.4) is 0 Å². The molecule has 56 heavy (non-hydrogen) atoms. The monoisotopic (exact) mass is 778 g/mol. The van der Waals surface area contributed by atoms with E-state index in [2.05, 4.69) is 47.8 Å². The zero-order valence-electron chi connectivity index (χ0n) is 33.2. The third kappa shape index (κ3) is 13.7. The average Bonchev–Trinajstić information content (AvgIpc) is 3.61. The van der Waals surface area contributed by atoms with Crippen LogP contribution in [0, 0.1) is 11.3 Å². The van der Waals surface area contributed by atoms with E-state index in [0.29, 0.717) is 24.5 Å². The van der Waals surface area contributed by atoms with E-state index < -0.39 is 67.7 Å². The first-order valence-corrected chi connectivity index (χ1v) is 18.8. The first kappa shape index (κ1) is 44.9. The molecule has 1 aliphatic carbocycles. The second-order valence-corrected chi connectivity index (χ2v) is 14.2. The average molecular weight is 779 g/mol. The molecule has 3 rings (SSSR count). The Kier molecular flexibility index (Phi) is 17.8. The van der Waals surface area contributed by atoms with E-state index in [9.17, 15) is 28.8 Å². The molecule has 13 nitrogen and oxygen atoms in total. The molecule has 13 heteroatoms. The fraction of sp³-hybridized carbons (Fsp3) is 0.488. The summed E-state index contributed by atoms with van der Waals surface area (Å²) in [4.78, 5) is 73.1. The lowest BCUT2D eigenvalue weighted by atomic mass is 9.91. The van der Waals surface area contributed by atoms with Crippen LogP contribution in [0.2, 0.25) is 0 Å². The second-order valence-electron chi connectivity index (χ2n) is 14.2. The summed E-state index contributed by atoms with van der Waals surface area (Å²) in [5.74, 6) is -5.63. The van der Waals surface area contributed by atoms with Gasteiger partial charge in [-0.2, -0.15) is 0 Å². The normalized spacial score (nSPS) is 13.1. The van der Waals surface area contributed by atoms with Crippen molar-refractivity contribution in [3.8, 4) is 16.9 Å². The van der Waals surface area contributed by atoms with Crippen molar-refractivity contribution in [3.05, 3.63) is 77.4 Å². The number of hydrogen-bond acceptors (Lipinski definition) is 13. The SMILES string of the molecule is C=C(C)C(=O)OCCCc1cc(-c2ccc3c(c2)CC(CCCCCC)C3)ccc1OCC(COC(=O)C(=C)C)(COC(=O)C(=O)OC)COC(=O)C(=O)OC. The highest BCUT2D eigenvalue weighted by Crippen LogP contribution is 2.35. The van der Waals surface area contributed by atoms with E-state index >= 15 is 0 Å². The van der Waals surface area contributed by atoms with Gasteiger partial charge in [0.1, 0.15) is 37.6 Å². The maximum atomic E-state index is 12.5. The molecule has 1 aliphatic rings. The summed E-state index contributed by atoms with van der Waals surface area (Å²) < 4.78 is 36.4. The summed E-state index contributed by atoms with van der Waals surface area (Å²) in [6.07, 6.45) is 9.14. The Balaban J connectivity index is 1.96. The van der Waals surface area contributed by atoms with E-state index in [1.165, 1.54) is 50.2 Å². The van der Waals surface area contributed by atoms with Gasteiger partial charge in [0.15, 0.2) is 0 Å². The molecule has 2 aromatic carbocycles. The Labute approximate surface area is 328 Å². The minimum absolute atomic E-state index is 0.0530. The highest BCUT2D eigenvalue weighted by Gasteiger charge is 2.39. The van der Waals surface area contributed by atoms with Crippen molar-refractivity contribution in [1.29, 1.82) is 0 Å². The zero-order valence-corrected chi connectivity index (χ0v) is 33.2. The highest BCUT2D eigenvalue weighted by atomic mass is 16.6. The number of hydrogen-bond donors (Lipinski definition) is 0. The Hall–Kier alpha value is -5.46. The van der Waals surface area contributed by atoms with Crippen LogP contribution in [0.1, 0.15) is 76.0 Å². The number of ether oxygens (including phenoxy) is 7. The van der Waals surface area contributed by atoms with Crippen LogP contribution in [0.4, 0.5) is 0 Å². The number of rotatable bonds is 21. The zero-order chi connectivity index (χ0) is 41.3. The molecule has 1 atom stereocenters. The van der Waals surface area contributed by atoms with Crippen molar-refractivity contribution in [3.63, 3.8) is 0 Å². The number of aryl methyl sites for hydroxylation is 1. The second kappa shape index (κ2) is 22.2. The quantitative estimate of drug-likeness (QED) is 0.0476. The van der Waals surface area contributed by atoms with Crippen LogP contribution >= 0.6 is 0 Å². The molecule has 304 valence electrons. The molecule has 0 fully saturated rings. The topological polar surface area (TPSA) is 167 Å². The number of fused-ring (bicyclic) bond motifs is 1. The summed E-state index contributed by atoms with van der Waals surface area (Å²) in [6, 6.07) is 12.2. The van der Waals surface area contributed by atoms with Gasteiger partial charge >= 0.3 is 35.8 Å². The van der Waals surface area contributed by atoms with Gasteiger partial charge in [0.2, 0.25) is 0 Å². The molecule has 0 radical (unpaired) electrons. The van der Waals surface area contributed by atoms with Gasteiger partial charge in [-0.1, -0.05) is 70.0 Å². The number of esters is 6. The first-order valence-electron chi connectivity index (χ1n) is 18.8. The Morgan fingerprint density at radius 2 is 1.20 bits per heavy atom. The summed E-state index contributed by atoms with van der Waals surface area (Å²) in [7, 11) is 1.99. The summed E-state index contributed by atoms with van der Waals surface area (Å²) in [5.41, 5.74) is 4.08. The Morgan fingerprint density at radius 1 is 0.643 bits per heavy atom. The lowest BCUT2D eigenvalue weighted by Crippen LogP contribution is -2.45. The maximum absolute atomic E-state index is 12.5. The van der Waals surface area contributed by atoms with Gasteiger partial charge in [0.25, 0.3) is 0 Å². The van der Waals surface area contributed by atoms with Gasteiger partial charge in [0, 0.05) is 11.1 Å². The number of methoxy groups -OCH3 is 2. The van der Waals surface area contributed by atoms with E-state index in [-0.39, 0.29) is 17.8 Å². The highest BCUT2D eigenvalue weighted by molar-refractivity contribution is 6.30. The van der Waals surface area contributed by atoms with E-state index in [4.69, 9.17) is 23.7 Å². The van der Waals surface area contributed by atoms with Gasteiger partial charge in [-0.05, 0) is 91.8 Å². The molecule has 0 aromatic heterocycles. The summed E-state index contributed by atoms with van der Waals surface area (Å²) in [6.45, 7) is 10.2. The molecule has 0 bridgehead atoms. The third-order valence-electron chi connectivity index (χ3n) is 9.37. The van der Waals surface area contributed by atoms with E-state index in [0.717, 1.165) is 43.8 Å². The van der Waals surface area contributed by atoms with Gasteiger partial charge in [0.05, 0.1) is 20.8 Å². The molecule has 0 spiro atoms. The number of unbranched alkanes of at least 4 members (excludes halogenated alkanes) is 3. The Morgan fingerprint density at radius 3 is 1.79 bits per heavy atom. The summed E-state index contributed by atoms with van der Waals surface area (Å²) >= 11 is 0. The fourth-order valence-electron chi connectivity index (χ4n) is 6.14. The van der Waals surface area contributed by atoms with Crippen molar-refractivity contribution in [2.75, 3.05) is 47.3 Å². The number of benzene rings is 2. The predicted octanol–water partition coefficient (Wildman–Crippen LogP) is 6.01. The fourth-order valence-corrected chi connectivity index (χ4v) is 6.14. The summed E-state index contributed by atoms with van der Waals surface area (Å²) in [5, 5.41) is 0. The number of carbonyl (C=O) groups is 6. The lowest BCUT2D eigenvalue weighted by Gasteiger charge is -2.32. The van der Waals surface area contributed by atoms with Crippen LogP contribution in [-0.2, 0) is 76.5 Å². The van der Waals surface area contributed by atoms with Crippen LogP contribution < -0.4 is 4.74 Å². The molecule has 0 aliphatic heterocycles. The molecule has 0 amide bonds. The van der Waals surface area contributed by atoms with Gasteiger partial charge in [-0.25, -0.2) is 28.8 Å². The smallest absolute Gasteiger partial charge is 0.417 e. The molecule has 2 aromatic rings. The largest absolute Gasteiger partial charge is 0.492 e. The standard InChI is InChI=1S/C43H54O13/c1-8-9-10-11-13-30-20-31-15-16-32(23-35(31)21-30)33-17-18-36(34(22-33)14-12-19-52-37(44)28(2)3)53-24-43(25-54-38(45)29(4)5,26-55-41(48)39(46)50-6)27-56-42(49)40(47)51-7/h15-18,22-23,30H,2,4,8-14,19-21,24-27H2,1,3,5-7H3.